The van der Waals surface area contributed by atoms with Crippen LogP contribution in [0.1, 0.15) is 81.5 Å². The van der Waals surface area contributed by atoms with E-state index >= 15 is 0 Å². The van der Waals surface area contributed by atoms with Gasteiger partial charge in [0, 0.05) is 31.2 Å². The summed E-state index contributed by atoms with van der Waals surface area (Å²) in [5.74, 6) is 0.286. The Morgan fingerprint density at radius 3 is 2.70 bits per heavy atom. The van der Waals surface area contributed by atoms with E-state index in [0.717, 1.165) is 75.0 Å². The number of amides is 2. The fourth-order valence-corrected chi connectivity index (χ4v) is 5.57. The quantitative estimate of drug-likeness (QED) is 0.270. The van der Waals surface area contributed by atoms with Gasteiger partial charge >= 0.3 is 5.97 Å². The number of aryl methyl sites for hydroxylation is 2. The van der Waals surface area contributed by atoms with E-state index in [1.54, 1.807) is 24.2 Å². The molecule has 0 aliphatic carbocycles. The third-order valence-electron chi connectivity index (χ3n) is 7.75. The Bertz CT molecular complexity index is 1130. The number of pyridine rings is 2. The van der Waals surface area contributed by atoms with E-state index in [1.807, 2.05) is 12.1 Å². The van der Waals surface area contributed by atoms with Crippen LogP contribution < -0.4 is 10.6 Å². The molecule has 2 aromatic rings. The van der Waals surface area contributed by atoms with E-state index in [0.29, 0.717) is 19.4 Å². The second-order valence-electron chi connectivity index (χ2n) is 10.7. The number of aromatic nitrogens is 2. The molecule has 4 heterocycles. The number of hydrogen-bond donors (Lipinski definition) is 2. The van der Waals surface area contributed by atoms with Gasteiger partial charge in [0.25, 0.3) is 0 Å². The number of nitrogens with one attached hydrogen (secondary N) is 2. The predicted octanol–water partition coefficient (Wildman–Crippen LogP) is 4.00. The van der Waals surface area contributed by atoms with Crippen molar-refractivity contribution in [2.24, 2.45) is 0 Å². The third kappa shape index (κ3) is 8.50. The van der Waals surface area contributed by atoms with Crippen molar-refractivity contribution < 1.29 is 19.1 Å². The molecular formula is C31H43N5O4. The van der Waals surface area contributed by atoms with Crippen molar-refractivity contribution >= 4 is 23.6 Å². The molecule has 2 aromatic heterocycles. The van der Waals surface area contributed by atoms with Gasteiger partial charge in [0.2, 0.25) is 11.8 Å². The molecule has 0 spiro atoms. The van der Waals surface area contributed by atoms with Crippen LogP contribution in [0, 0.1) is 0 Å². The molecule has 1 saturated heterocycles. The van der Waals surface area contributed by atoms with E-state index in [9.17, 15) is 14.4 Å². The highest BCUT2D eigenvalue weighted by atomic mass is 16.5. The minimum atomic E-state index is -0.697. The minimum Gasteiger partial charge on any atom is -0.464 e. The van der Waals surface area contributed by atoms with E-state index in [2.05, 4.69) is 27.8 Å². The molecule has 2 aliphatic rings. The molecule has 40 heavy (non-hydrogen) atoms. The van der Waals surface area contributed by atoms with E-state index in [4.69, 9.17) is 9.72 Å². The van der Waals surface area contributed by atoms with Gasteiger partial charge in [-0.1, -0.05) is 31.7 Å². The molecule has 9 heteroatoms. The summed E-state index contributed by atoms with van der Waals surface area (Å²) in [7, 11) is 0. The molecule has 0 bridgehead atoms. The molecule has 2 atom stereocenters. The van der Waals surface area contributed by atoms with E-state index in [1.165, 1.54) is 12.0 Å². The van der Waals surface area contributed by atoms with Crippen LogP contribution in [0.25, 0.3) is 0 Å². The maximum absolute atomic E-state index is 13.2. The predicted molar refractivity (Wildman–Crippen MR) is 154 cm³/mol. The zero-order valence-corrected chi connectivity index (χ0v) is 23.7. The standard InChI is InChI=1S/C31H43N5O4/c1-2-40-31(39)26(12-7-5-3-4-6-11-25-15-14-24-10-8-18-33-29(24)34-25)35-30(38)27-13-9-21-36(27)28(37)22-23-16-19-32-20-17-23/h14-17,19-20,26-27H,2-13,18,21-22H2,1H3,(H,33,34)(H,35,38)/t26-,27-/m0/s1. The van der Waals surface area contributed by atoms with Crippen molar-refractivity contribution in [3.05, 3.63) is 53.5 Å². The first kappa shape index (κ1) is 29.5. The summed E-state index contributed by atoms with van der Waals surface area (Å²) in [6.07, 6.45) is 13.7. The summed E-state index contributed by atoms with van der Waals surface area (Å²) in [6, 6.07) is 6.72. The zero-order valence-electron chi connectivity index (χ0n) is 23.7. The topological polar surface area (TPSA) is 114 Å². The minimum absolute atomic E-state index is 0.0848. The number of hydrogen-bond acceptors (Lipinski definition) is 7. The highest BCUT2D eigenvalue weighted by Crippen LogP contribution is 2.22. The van der Waals surface area contributed by atoms with Crippen LogP contribution in [0.5, 0.6) is 0 Å². The number of unbranched alkanes of at least 4 members (excludes halogenated alkanes) is 4. The van der Waals surface area contributed by atoms with Gasteiger partial charge in [-0.05, 0) is 81.2 Å². The van der Waals surface area contributed by atoms with Gasteiger partial charge in [-0.15, -0.1) is 0 Å². The van der Waals surface area contributed by atoms with Crippen molar-refractivity contribution in [1.82, 2.24) is 20.2 Å². The van der Waals surface area contributed by atoms with Crippen molar-refractivity contribution in [3.63, 3.8) is 0 Å². The fourth-order valence-electron chi connectivity index (χ4n) is 5.57. The molecular weight excluding hydrogens is 506 g/mol. The molecule has 0 radical (unpaired) electrons. The van der Waals surface area contributed by atoms with Crippen LogP contribution in [0.2, 0.25) is 0 Å². The summed E-state index contributed by atoms with van der Waals surface area (Å²) in [5, 5.41) is 6.31. The second-order valence-corrected chi connectivity index (χ2v) is 10.7. The molecule has 2 N–H and O–H groups in total. The van der Waals surface area contributed by atoms with Gasteiger partial charge in [-0.25, -0.2) is 9.78 Å². The Morgan fingerprint density at radius 1 is 1.07 bits per heavy atom. The molecule has 2 amide bonds. The lowest BCUT2D eigenvalue weighted by Crippen LogP contribution is -2.51. The summed E-state index contributed by atoms with van der Waals surface area (Å²) in [5.41, 5.74) is 3.32. The lowest BCUT2D eigenvalue weighted by atomic mass is 10.0. The molecule has 4 rings (SSSR count). The lowest BCUT2D eigenvalue weighted by molar-refractivity contribution is -0.148. The van der Waals surface area contributed by atoms with E-state index < -0.39 is 18.1 Å². The van der Waals surface area contributed by atoms with Crippen LogP contribution in [0.4, 0.5) is 5.82 Å². The molecule has 0 saturated carbocycles. The van der Waals surface area contributed by atoms with Crippen molar-refractivity contribution in [1.29, 1.82) is 0 Å². The Balaban J connectivity index is 1.19. The number of anilines is 1. The zero-order chi connectivity index (χ0) is 28.2. The molecule has 9 nitrogen and oxygen atoms in total. The number of nitrogens with zero attached hydrogens (tertiary/aromatic N) is 3. The number of carbonyl (C=O) groups excluding carboxylic acids is 3. The number of ether oxygens (including phenoxy) is 1. The molecule has 0 aromatic carbocycles. The van der Waals surface area contributed by atoms with Crippen LogP contribution >= 0.6 is 0 Å². The van der Waals surface area contributed by atoms with Crippen LogP contribution in [-0.4, -0.2) is 64.4 Å². The van der Waals surface area contributed by atoms with Crippen LogP contribution in [-0.2, 0) is 38.4 Å². The lowest BCUT2D eigenvalue weighted by Gasteiger charge is -2.26. The van der Waals surface area contributed by atoms with Gasteiger partial charge in [-0.2, -0.15) is 0 Å². The Kier molecular flexibility index (Phi) is 11.3. The average molecular weight is 550 g/mol. The summed E-state index contributed by atoms with van der Waals surface area (Å²) < 4.78 is 5.25. The first-order valence-electron chi connectivity index (χ1n) is 14.9. The van der Waals surface area contributed by atoms with Crippen molar-refractivity contribution in [2.45, 2.75) is 96.1 Å². The molecule has 216 valence electrons. The average Bonchev–Trinajstić information content (AvgIpc) is 3.47. The van der Waals surface area contributed by atoms with Gasteiger partial charge in [0.15, 0.2) is 0 Å². The first-order valence-corrected chi connectivity index (χ1v) is 14.9. The molecule has 1 fully saturated rings. The third-order valence-corrected chi connectivity index (χ3v) is 7.75. The Labute approximate surface area is 237 Å². The normalized spacial score (nSPS) is 17.0. The van der Waals surface area contributed by atoms with Crippen molar-refractivity contribution in [2.75, 3.05) is 25.0 Å². The number of esters is 1. The van der Waals surface area contributed by atoms with Crippen LogP contribution in [0.15, 0.2) is 36.7 Å². The molecule has 0 unspecified atom stereocenters. The van der Waals surface area contributed by atoms with Gasteiger partial charge in [0.05, 0.1) is 13.0 Å². The number of fused-ring (bicyclic) bond motifs is 1. The maximum atomic E-state index is 13.2. The summed E-state index contributed by atoms with van der Waals surface area (Å²) >= 11 is 0. The Morgan fingerprint density at radius 2 is 1.88 bits per heavy atom. The summed E-state index contributed by atoms with van der Waals surface area (Å²) in [4.78, 5) is 49.2. The smallest absolute Gasteiger partial charge is 0.328 e. The Hall–Kier alpha value is -3.49. The largest absolute Gasteiger partial charge is 0.464 e. The number of rotatable bonds is 14. The summed E-state index contributed by atoms with van der Waals surface area (Å²) in [6.45, 7) is 3.57. The first-order chi connectivity index (χ1) is 19.5. The van der Waals surface area contributed by atoms with Gasteiger partial charge in [-0.3, -0.25) is 14.6 Å². The highest BCUT2D eigenvalue weighted by Gasteiger charge is 2.35. The van der Waals surface area contributed by atoms with E-state index in [-0.39, 0.29) is 24.8 Å². The highest BCUT2D eigenvalue weighted by molar-refractivity contribution is 5.91. The fraction of sp³-hybridized carbons (Fsp3) is 0.581. The van der Waals surface area contributed by atoms with Gasteiger partial charge < -0.3 is 20.3 Å². The molecule has 2 aliphatic heterocycles. The number of likely N-dealkylation sites (tertiary alicyclic amines) is 1. The van der Waals surface area contributed by atoms with Crippen LogP contribution in [0.3, 0.4) is 0 Å². The van der Waals surface area contributed by atoms with Gasteiger partial charge in [0.1, 0.15) is 17.9 Å². The maximum Gasteiger partial charge on any atom is 0.328 e. The monoisotopic (exact) mass is 549 g/mol. The van der Waals surface area contributed by atoms with Crippen molar-refractivity contribution in [3.8, 4) is 0 Å². The number of carbonyl (C=O) groups is 3. The second kappa shape index (κ2) is 15.3. The SMILES string of the molecule is CCOC(=O)[C@H](CCCCCCCc1ccc2c(n1)NCCC2)NC(=O)[C@@H]1CCCN1C(=O)Cc1ccncc1.